The van der Waals surface area contributed by atoms with E-state index < -0.39 is 10.8 Å². The summed E-state index contributed by atoms with van der Waals surface area (Å²) in [4.78, 5) is 12.7. The van der Waals surface area contributed by atoms with Crippen LogP contribution in [-0.4, -0.2) is 50.4 Å². The van der Waals surface area contributed by atoms with E-state index in [4.69, 9.17) is 4.74 Å². The smallest absolute Gasteiger partial charge is 0.323 e. The van der Waals surface area contributed by atoms with E-state index in [0.717, 1.165) is 19.4 Å². The van der Waals surface area contributed by atoms with Crippen LogP contribution in [0.2, 0.25) is 0 Å². The molecular formula is C13H25N5O2S. The first-order valence-corrected chi connectivity index (χ1v) is 8.87. The van der Waals surface area contributed by atoms with Crippen LogP contribution < -0.4 is 15.4 Å². The number of hydrogen-bond donors (Lipinski definition) is 2. The van der Waals surface area contributed by atoms with Gasteiger partial charge in [0.05, 0.1) is 6.61 Å². The van der Waals surface area contributed by atoms with E-state index in [-0.39, 0.29) is 5.25 Å². The van der Waals surface area contributed by atoms with Gasteiger partial charge in [0.25, 0.3) is 0 Å². The fourth-order valence-electron chi connectivity index (χ4n) is 1.50. The second-order valence-electron chi connectivity index (χ2n) is 4.65. The number of hydrogen-bond acceptors (Lipinski definition) is 7. The lowest BCUT2D eigenvalue weighted by Crippen LogP contribution is -2.17. The van der Waals surface area contributed by atoms with Gasteiger partial charge in [-0.3, -0.25) is 4.21 Å². The second-order valence-corrected chi connectivity index (χ2v) is 6.45. The zero-order chi connectivity index (χ0) is 15.7. The molecule has 2 atom stereocenters. The molecular weight excluding hydrogens is 290 g/mol. The molecule has 0 bridgehead atoms. The van der Waals surface area contributed by atoms with Crippen molar-refractivity contribution >= 4 is 22.7 Å². The summed E-state index contributed by atoms with van der Waals surface area (Å²) < 4.78 is 16.7. The summed E-state index contributed by atoms with van der Waals surface area (Å²) >= 11 is 0. The van der Waals surface area contributed by atoms with Crippen LogP contribution >= 0.6 is 0 Å². The van der Waals surface area contributed by atoms with E-state index in [0.29, 0.717) is 31.1 Å². The Labute approximate surface area is 128 Å². The molecule has 21 heavy (non-hydrogen) atoms. The van der Waals surface area contributed by atoms with Crippen molar-refractivity contribution in [1.82, 2.24) is 15.0 Å². The van der Waals surface area contributed by atoms with Gasteiger partial charge in [0.2, 0.25) is 11.9 Å². The highest BCUT2D eigenvalue weighted by atomic mass is 32.2. The van der Waals surface area contributed by atoms with Crippen LogP contribution in [0.5, 0.6) is 6.01 Å². The van der Waals surface area contributed by atoms with Crippen LogP contribution in [0.25, 0.3) is 0 Å². The average molecular weight is 315 g/mol. The molecule has 1 aromatic heterocycles. The minimum Gasteiger partial charge on any atom is -0.464 e. The van der Waals surface area contributed by atoms with Crippen LogP contribution in [0.3, 0.4) is 0 Å². The van der Waals surface area contributed by atoms with Gasteiger partial charge in [-0.15, -0.1) is 0 Å². The first-order valence-electron chi connectivity index (χ1n) is 7.25. The molecule has 7 nitrogen and oxygen atoms in total. The molecule has 0 saturated carbocycles. The maximum absolute atomic E-state index is 11.3. The van der Waals surface area contributed by atoms with E-state index >= 15 is 0 Å². The number of ether oxygens (including phenoxy) is 1. The third-order valence-electron chi connectivity index (χ3n) is 2.82. The van der Waals surface area contributed by atoms with Crippen LogP contribution in [-0.2, 0) is 10.8 Å². The largest absolute Gasteiger partial charge is 0.464 e. The lowest BCUT2D eigenvalue weighted by atomic mass is 10.3. The zero-order valence-corrected chi connectivity index (χ0v) is 14.0. The third kappa shape index (κ3) is 6.70. The summed E-state index contributed by atoms with van der Waals surface area (Å²) in [5.74, 6) is 0.978. The number of nitrogens with zero attached hydrogens (tertiary/aromatic N) is 3. The van der Waals surface area contributed by atoms with Crippen molar-refractivity contribution < 1.29 is 8.95 Å². The van der Waals surface area contributed by atoms with Gasteiger partial charge in [0, 0.05) is 35.4 Å². The van der Waals surface area contributed by atoms with Crippen molar-refractivity contribution in [3.8, 4) is 6.01 Å². The van der Waals surface area contributed by atoms with E-state index in [2.05, 4.69) is 32.5 Å². The molecule has 0 aliphatic carbocycles. The molecule has 8 heteroatoms. The third-order valence-corrected chi connectivity index (χ3v) is 4.19. The number of rotatable bonds is 10. The maximum atomic E-state index is 11.3. The molecule has 0 saturated heterocycles. The van der Waals surface area contributed by atoms with Gasteiger partial charge in [0.1, 0.15) is 0 Å². The lowest BCUT2D eigenvalue weighted by molar-refractivity contribution is 0.312. The van der Waals surface area contributed by atoms with Crippen LogP contribution in [0.1, 0.15) is 33.6 Å². The summed E-state index contributed by atoms with van der Waals surface area (Å²) in [6.45, 7) is 7.87. The first-order chi connectivity index (χ1) is 10.1. The monoisotopic (exact) mass is 315 g/mol. The Kier molecular flexibility index (Phi) is 7.96. The maximum Gasteiger partial charge on any atom is 0.323 e. The fraction of sp³-hybridized carbons (Fsp3) is 0.769. The molecule has 1 aromatic rings. The Bertz CT molecular complexity index is 458. The quantitative estimate of drug-likeness (QED) is 0.678. The Balaban J connectivity index is 2.66. The van der Waals surface area contributed by atoms with Gasteiger partial charge in [-0.05, 0) is 19.8 Å². The summed E-state index contributed by atoms with van der Waals surface area (Å²) in [7, 11) is -0.815. The van der Waals surface area contributed by atoms with Gasteiger partial charge < -0.3 is 15.4 Å². The molecule has 0 aliphatic heterocycles. The van der Waals surface area contributed by atoms with Gasteiger partial charge in [0.15, 0.2) is 0 Å². The minimum absolute atomic E-state index is 0.142. The van der Waals surface area contributed by atoms with Crippen molar-refractivity contribution in [2.24, 2.45) is 0 Å². The van der Waals surface area contributed by atoms with Crippen molar-refractivity contribution in [2.75, 3.05) is 36.6 Å². The van der Waals surface area contributed by atoms with Crippen molar-refractivity contribution in [3.63, 3.8) is 0 Å². The second kappa shape index (κ2) is 9.49. The Hall–Kier alpha value is -1.44. The highest BCUT2D eigenvalue weighted by molar-refractivity contribution is 7.84. The normalized spacial score (nSPS) is 13.5. The van der Waals surface area contributed by atoms with Crippen LogP contribution in [0.15, 0.2) is 0 Å². The predicted molar refractivity (Wildman–Crippen MR) is 86.4 cm³/mol. The number of nitrogens with one attached hydrogen (secondary N) is 2. The highest BCUT2D eigenvalue weighted by Crippen LogP contribution is 2.11. The molecule has 1 rings (SSSR count). The highest BCUT2D eigenvalue weighted by Gasteiger charge is 2.09. The van der Waals surface area contributed by atoms with E-state index in [1.165, 1.54) is 0 Å². The van der Waals surface area contributed by atoms with E-state index in [1.807, 2.05) is 13.8 Å². The summed E-state index contributed by atoms with van der Waals surface area (Å²) in [5.41, 5.74) is 0. The van der Waals surface area contributed by atoms with Crippen molar-refractivity contribution in [1.29, 1.82) is 0 Å². The van der Waals surface area contributed by atoms with E-state index in [1.54, 1.807) is 6.26 Å². The van der Waals surface area contributed by atoms with Crippen LogP contribution in [0.4, 0.5) is 11.9 Å². The Morgan fingerprint density at radius 3 is 2.29 bits per heavy atom. The van der Waals surface area contributed by atoms with E-state index in [9.17, 15) is 4.21 Å². The Morgan fingerprint density at radius 1 is 1.14 bits per heavy atom. The molecule has 1 heterocycles. The molecule has 2 unspecified atom stereocenters. The molecule has 0 aromatic carbocycles. The predicted octanol–water partition coefficient (Wildman–Crippen LogP) is 1.66. The molecule has 0 fully saturated rings. The number of anilines is 2. The first kappa shape index (κ1) is 17.6. The van der Waals surface area contributed by atoms with Gasteiger partial charge in [-0.1, -0.05) is 13.8 Å². The molecule has 0 radical (unpaired) electrons. The standard InChI is InChI=1S/C13H25N5O2S/c1-5-8-14-11-16-12(18-13(17-11)20-6-2)15-9-7-10(3)21(4)19/h10H,5-9H2,1-4H3,(H2,14,15,16,17,18). The molecule has 0 amide bonds. The zero-order valence-electron chi connectivity index (χ0n) is 13.2. The molecule has 120 valence electrons. The molecule has 0 spiro atoms. The average Bonchev–Trinajstić information content (AvgIpc) is 2.45. The fourth-order valence-corrected chi connectivity index (χ4v) is 1.95. The van der Waals surface area contributed by atoms with Crippen molar-refractivity contribution in [3.05, 3.63) is 0 Å². The molecule has 0 aliphatic rings. The minimum atomic E-state index is -0.815. The Morgan fingerprint density at radius 2 is 1.76 bits per heavy atom. The SMILES string of the molecule is CCCNc1nc(NCCC(C)S(C)=O)nc(OCC)n1. The van der Waals surface area contributed by atoms with Crippen molar-refractivity contribution in [2.45, 2.75) is 38.9 Å². The topological polar surface area (TPSA) is 89.0 Å². The lowest BCUT2D eigenvalue weighted by Gasteiger charge is -2.11. The van der Waals surface area contributed by atoms with Crippen LogP contribution in [0, 0.1) is 0 Å². The number of aromatic nitrogens is 3. The summed E-state index contributed by atoms with van der Waals surface area (Å²) in [6.07, 6.45) is 3.49. The summed E-state index contributed by atoms with van der Waals surface area (Å²) in [5, 5.41) is 6.39. The van der Waals surface area contributed by atoms with Gasteiger partial charge in [-0.25, -0.2) is 0 Å². The summed E-state index contributed by atoms with van der Waals surface area (Å²) in [6, 6.07) is 0.306. The van der Waals surface area contributed by atoms with Gasteiger partial charge >= 0.3 is 6.01 Å². The van der Waals surface area contributed by atoms with Gasteiger partial charge in [-0.2, -0.15) is 15.0 Å². The molecule has 2 N–H and O–H groups in total.